The van der Waals surface area contributed by atoms with E-state index in [1.807, 2.05) is 19.9 Å². The summed E-state index contributed by atoms with van der Waals surface area (Å²) >= 11 is 6.11. The van der Waals surface area contributed by atoms with Gasteiger partial charge in [0.05, 0.1) is 5.02 Å². The lowest BCUT2D eigenvalue weighted by Gasteiger charge is -2.34. The molecule has 1 saturated heterocycles. The van der Waals surface area contributed by atoms with Gasteiger partial charge in [0, 0.05) is 6.54 Å². The molecule has 0 aliphatic carbocycles. The summed E-state index contributed by atoms with van der Waals surface area (Å²) in [6.45, 7) is 8.50. The molecule has 2 N–H and O–H groups in total. The zero-order valence-electron chi connectivity index (χ0n) is 13.4. The summed E-state index contributed by atoms with van der Waals surface area (Å²) in [5.74, 6) is 0.258. The fourth-order valence-electron chi connectivity index (χ4n) is 2.64. The Kier molecular flexibility index (Phi) is 5.54. The zero-order valence-corrected chi connectivity index (χ0v) is 15.0. The van der Waals surface area contributed by atoms with Gasteiger partial charge in [0.1, 0.15) is 4.90 Å². The predicted octanol–water partition coefficient (Wildman–Crippen LogP) is 3.13. The molecule has 2 rings (SSSR count). The van der Waals surface area contributed by atoms with Crippen LogP contribution in [0.1, 0.15) is 45.1 Å². The van der Waals surface area contributed by atoms with E-state index in [1.165, 1.54) is 0 Å². The SMILES string of the molecule is CC(C)c1ccc(Cl)c(S(=O)(=O)NCC2(C)CCNCC2)c1. The Morgan fingerprint density at radius 1 is 1.32 bits per heavy atom. The topological polar surface area (TPSA) is 58.2 Å². The fraction of sp³-hybridized carbons (Fsp3) is 0.625. The number of halogens is 1. The first-order valence-corrected chi connectivity index (χ1v) is 9.59. The maximum absolute atomic E-state index is 12.6. The molecule has 1 aliphatic heterocycles. The van der Waals surface area contributed by atoms with E-state index in [-0.39, 0.29) is 21.3 Å². The molecular formula is C16H25ClN2O2S. The van der Waals surface area contributed by atoms with Crippen LogP contribution in [0.25, 0.3) is 0 Å². The van der Waals surface area contributed by atoms with Gasteiger partial charge in [0.2, 0.25) is 10.0 Å². The Morgan fingerprint density at radius 3 is 2.55 bits per heavy atom. The van der Waals surface area contributed by atoms with Gasteiger partial charge in [0.15, 0.2) is 0 Å². The molecule has 0 amide bonds. The minimum atomic E-state index is -3.59. The highest BCUT2D eigenvalue weighted by molar-refractivity contribution is 7.89. The highest BCUT2D eigenvalue weighted by atomic mass is 35.5. The molecule has 1 aromatic carbocycles. The van der Waals surface area contributed by atoms with Crippen LogP contribution in [0.3, 0.4) is 0 Å². The molecule has 4 nitrogen and oxygen atoms in total. The molecule has 1 fully saturated rings. The average molecular weight is 345 g/mol. The Labute approximate surface area is 138 Å². The Hall–Kier alpha value is -0.620. The van der Waals surface area contributed by atoms with E-state index >= 15 is 0 Å². The Balaban J connectivity index is 2.18. The van der Waals surface area contributed by atoms with Gasteiger partial charge in [-0.15, -0.1) is 0 Å². The van der Waals surface area contributed by atoms with Crippen LogP contribution in [0, 0.1) is 5.41 Å². The number of sulfonamides is 1. The van der Waals surface area contributed by atoms with Gasteiger partial charge in [0.25, 0.3) is 0 Å². The van der Waals surface area contributed by atoms with E-state index in [0.717, 1.165) is 31.5 Å². The van der Waals surface area contributed by atoms with Crippen LogP contribution < -0.4 is 10.0 Å². The van der Waals surface area contributed by atoms with E-state index in [0.29, 0.717) is 6.54 Å². The molecule has 0 atom stereocenters. The highest BCUT2D eigenvalue weighted by Crippen LogP contribution is 2.29. The van der Waals surface area contributed by atoms with Crippen LogP contribution in [-0.4, -0.2) is 28.1 Å². The highest BCUT2D eigenvalue weighted by Gasteiger charge is 2.29. The maximum atomic E-state index is 12.6. The van der Waals surface area contributed by atoms with Gasteiger partial charge in [-0.1, -0.05) is 38.4 Å². The summed E-state index contributed by atoms with van der Waals surface area (Å²) in [7, 11) is -3.59. The lowest BCUT2D eigenvalue weighted by Crippen LogP contribution is -2.42. The van der Waals surface area contributed by atoms with Gasteiger partial charge < -0.3 is 5.32 Å². The van der Waals surface area contributed by atoms with Crippen molar-refractivity contribution in [2.24, 2.45) is 5.41 Å². The molecule has 0 saturated carbocycles. The van der Waals surface area contributed by atoms with Gasteiger partial charge in [-0.3, -0.25) is 0 Å². The van der Waals surface area contributed by atoms with Gasteiger partial charge >= 0.3 is 0 Å². The van der Waals surface area contributed by atoms with Gasteiger partial charge in [-0.05, 0) is 55.0 Å². The summed E-state index contributed by atoms with van der Waals surface area (Å²) < 4.78 is 28.0. The third kappa shape index (κ3) is 4.22. The predicted molar refractivity (Wildman–Crippen MR) is 90.9 cm³/mol. The standard InChI is InChI=1S/C16H25ClN2O2S/c1-12(2)13-4-5-14(17)15(10-13)22(20,21)19-11-16(3)6-8-18-9-7-16/h4-5,10,12,18-19H,6-9,11H2,1-3H3. The van der Waals surface area contributed by atoms with Crippen LogP contribution in [0.2, 0.25) is 5.02 Å². The third-order valence-electron chi connectivity index (χ3n) is 4.41. The van der Waals surface area contributed by atoms with Crippen molar-refractivity contribution in [2.45, 2.75) is 44.4 Å². The van der Waals surface area contributed by atoms with Gasteiger partial charge in [-0.25, -0.2) is 13.1 Å². The monoisotopic (exact) mass is 344 g/mol. The molecule has 1 heterocycles. The number of nitrogens with one attached hydrogen (secondary N) is 2. The van der Waals surface area contributed by atoms with E-state index in [9.17, 15) is 8.42 Å². The first-order chi connectivity index (χ1) is 10.2. The Morgan fingerprint density at radius 2 is 1.95 bits per heavy atom. The summed E-state index contributed by atoms with van der Waals surface area (Å²) in [5, 5.41) is 3.57. The molecule has 0 aromatic heterocycles. The van der Waals surface area contributed by atoms with Crippen molar-refractivity contribution in [3.05, 3.63) is 28.8 Å². The fourth-order valence-corrected chi connectivity index (χ4v) is 4.37. The second-order valence-corrected chi connectivity index (χ2v) is 8.87. The van der Waals surface area contributed by atoms with E-state index in [1.54, 1.807) is 12.1 Å². The number of benzene rings is 1. The molecule has 0 spiro atoms. The van der Waals surface area contributed by atoms with Crippen LogP contribution >= 0.6 is 11.6 Å². The lowest BCUT2D eigenvalue weighted by molar-refractivity contribution is 0.232. The van der Waals surface area contributed by atoms with Crippen LogP contribution in [0.5, 0.6) is 0 Å². The van der Waals surface area contributed by atoms with Gasteiger partial charge in [-0.2, -0.15) is 0 Å². The third-order valence-corrected chi connectivity index (χ3v) is 6.29. The smallest absolute Gasteiger partial charge is 0.242 e. The number of hydrogen-bond donors (Lipinski definition) is 2. The lowest BCUT2D eigenvalue weighted by atomic mass is 9.81. The van der Waals surface area contributed by atoms with Crippen LogP contribution in [0.4, 0.5) is 0 Å². The first-order valence-electron chi connectivity index (χ1n) is 7.73. The minimum absolute atomic E-state index is 0.000451. The molecule has 1 aromatic rings. The summed E-state index contributed by atoms with van der Waals surface area (Å²) in [6.07, 6.45) is 1.94. The van der Waals surface area contributed by atoms with Crippen LogP contribution in [0.15, 0.2) is 23.1 Å². The minimum Gasteiger partial charge on any atom is -0.317 e. The summed E-state index contributed by atoms with van der Waals surface area (Å²) in [6, 6.07) is 5.22. The molecular weight excluding hydrogens is 320 g/mol. The van der Waals surface area contributed by atoms with Crippen molar-refractivity contribution >= 4 is 21.6 Å². The van der Waals surface area contributed by atoms with Crippen molar-refractivity contribution in [1.82, 2.24) is 10.0 Å². The zero-order chi connectivity index (χ0) is 16.4. The van der Waals surface area contributed by atoms with Crippen molar-refractivity contribution in [3.63, 3.8) is 0 Å². The molecule has 0 unspecified atom stereocenters. The second kappa shape index (κ2) is 6.87. The first kappa shape index (κ1) is 17.7. The maximum Gasteiger partial charge on any atom is 0.242 e. The second-order valence-electron chi connectivity index (χ2n) is 6.73. The Bertz CT molecular complexity index is 623. The van der Waals surface area contributed by atoms with Crippen molar-refractivity contribution < 1.29 is 8.42 Å². The molecule has 0 radical (unpaired) electrons. The van der Waals surface area contributed by atoms with E-state index in [4.69, 9.17) is 11.6 Å². The van der Waals surface area contributed by atoms with E-state index < -0.39 is 10.0 Å². The number of rotatable bonds is 5. The molecule has 6 heteroatoms. The molecule has 22 heavy (non-hydrogen) atoms. The quantitative estimate of drug-likeness (QED) is 0.862. The number of hydrogen-bond acceptors (Lipinski definition) is 3. The van der Waals surface area contributed by atoms with Crippen LogP contribution in [-0.2, 0) is 10.0 Å². The van der Waals surface area contributed by atoms with E-state index in [2.05, 4.69) is 17.0 Å². The molecule has 124 valence electrons. The summed E-state index contributed by atoms with van der Waals surface area (Å²) in [5.41, 5.74) is 0.971. The molecule has 1 aliphatic rings. The van der Waals surface area contributed by atoms with Crippen molar-refractivity contribution in [2.75, 3.05) is 19.6 Å². The normalized spacial score (nSPS) is 18.6. The molecule has 0 bridgehead atoms. The van der Waals surface area contributed by atoms with Crippen molar-refractivity contribution in [3.8, 4) is 0 Å². The van der Waals surface area contributed by atoms with Crippen molar-refractivity contribution in [1.29, 1.82) is 0 Å². The largest absolute Gasteiger partial charge is 0.317 e. The summed E-state index contributed by atoms with van der Waals surface area (Å²) in [4.78, 5) is 0.179. The number of piperidine rings is 1. The average Bonchev–Trinajstić information content (AvgIpc) is 2.46.